The maximum atomic E-state index is 11.5. The molecule has 0 aliphatic carbocycles. The summed E-state index contributed by atoms with van der Waals surface area (Å²) in [5, 5.41) is 2.94. The lowest BCUT2D eigenvalue weighted by Gasteiger charge is -2.06. The van der Waals surface area contributed by atoms with Gasteiger partial charge in [-0.2, -0.15) is 0 Å². The van der Waals surface area contributed by atoms with Gasteiger partial charge in [0.05, 0.1) is 4.91 Å². The van der Waals surface area contributed by atoms with Crippen LogP contribution in [0.1, 0.15) is 27.2 Å². The molecule has 0 aromatic rings. The number of hydrogen-bond acceptors (Lipinski definition) is 3. The Balaban J connectivity index is 0. The highest BCUT2D eigenvalue weighted by Gasteiger charge is 2.11. The van der Waals surface area contributed by atoms with Gasteiger partial charge in [0, 0.05) is 12.8 Å². The molecule has 1 N–H and O–H groups in total. The van der Waals surface area contributed by atoms with Crippen LogP contribution in [0.2, 0.25) is 0 Å². The van der Waals surface area contributed by atoms with Crippen molar-refractivity contribution >= 4 is 9.84 Å². The first-order valence-electron chi connectivity index (χ1n) is 5.84. The first-order chi connectivity index (χ1) is 7.97. The molecule has 17 heavy (non-hydrogen) atoms. The second-order valence-electron chi connectivity index (χ2n) is 3.21. The van der Waals surface area contributed by atoms with Gasteiger partial charge in [0.25, 0.3) is 0 Å². The Morgan fingerprint density at radius 3 is 2.18 bits per heavy atom. The van der Waals surface area contributed by atoms with Gasteiger partial charge in [0.2, 0.25) is 0 Å². The first-order valence-corrected chi connectivity index (χ1v) is 7.73. The van der Waals surface area contributed by atoms with Crippen LogP contribution in [0.4, 0.5) is 0 Å². The van der Waals surface area contributed by atoms with Gasteiger partial charge < -0.3 is 5.32 Å². The summed E-state index contributed by atoms with van der Waals surface area (Å²) in [6, 6.07) is 0. The molecule has 0 amide bonds. The molecule has 0 saturated heterocycles. The minimum Gasteiger partial charge on any atom is -0.316 e. The number of hydrogen-bond donors (Lipinski definition) is 1. The molecule has 0 atom stereocenters. The van der Waals surface area contributed by atoms with Crippen molar-refractivity contribution < 1.29 is 8.42 Å². The molecule has 0 unspecified atom stereocenters. The number of nitrogens with one attached hydrogen (secondary N) is 1. The summed E-state index contributed by atoms with van der Waals surface area (Å²) in [5.74, 6) is 0. The summed E-state index contributed by atoms with van der Waals surface area (Å²) in [4.78, 5) is 0.293. The van der Waals surface area contributed by atoms with E-state index in [9.17, 15) is 8.42 Å². The van der Waals surface area contributed by atoms with Crippen LogP contribution in [0.25, 0.3) is 0 Å². The second kappa shape index (κ2) is 10.3. The maximum absolute atomic E-state index is 11.5. The molecule has 0 rings (SSSR count). The van der Waals surface area contributed by atoms with Gasteiger partial charge in [-0.15, -0.1) is 0 Å². The molecule has 0 aliphatic heterocycles. The summed E-state index contributed by atoms with van der Waals surface area (Å²) in [5.41, 5.74) is 0.747. The molecule has 100 valence electrons. The molecule has 0 aromatic carbocycles. The quantitative estimate of drug-likeness (QED) is 0.746. The van der Waals surface area contributed by atoms with Crippen LogP contribution in [-0.2, 0) is 9.84 Å². The lowest BCUT2D eigenvalue weighted by Crippen LogP contribution is -2.13. The Kier molecular flexibility index (Phi) is 11.2. The van der Waals surface area contributed by atoms with Gasteiger partial charge in [0.15, 0.2) is 9.84 Å². The summed E-state index contributed by atoms with van der Waals surface area (Å²) in [7, 11) is -1.42. The smallest absolute Gasteiger partial charge is 0.175 e. The van der Waals surface area contributed by atoms with Crippen LogP contribution >= 0.6 is 0 Å². The molecule has 3 nitrogen and oxygen atoms in total. The normalized spacial score (nSPS) is 12.8. The summed E-state index contributed by atoms with van der Waals surface area (Å²) >= 11 is 0. The van der Waals surface area contributed by atoms with Crippen LogP contribution in [0.15, 0.2) is 35.3 Å². The largest absolute Gasteiger partial charge is 0.316 e. The van der Waals surface area contributed by atoms with Crippen molar-refractivity contribution in [2.45, 2.75) is 27.2 Å². The standard InChI is InChI=1S/C11H19NO2S.C2H6/c1-5-7-8-10(9-12-3)11(6-2)15(4,13)14;1-2/h6-8,12H,2,5,9H2,1,3-4H3;1-2H3/b8-7-,11-10-;. The van der Waals surface area contributed by atoms with Gasteiger partial charge in [-0.3, -0.25) is 0 Å². The average Bonchev–Trinajstić information content (AvgIpc) is 2.27. The minimum atomic E-state index is -3.20. The van der Waals surface area contributed by atoms with Gasteiger partial charge in [-0.05, 0) is 19.0 Å². The molecule has 0 fully saturated rings. The Morgan fingerprint density at radius 2 is 1.88 bits per heavy atom. The zero-order valence-electron chi connectivity index (χ0n) is 11.6. The Hall–Kier alpha value is -0.870. The Morgan fingerprint density at radius 1 is 1.35 bits per heavy atom. The lowest BCUT2D eigenvalue weighted by atomic mass is 10.2. The van der Waals surface area contributed by atoms with Gasteiger partial charge >= 0.3 is 0 Å². The highest BCUT2D eigenvalue weighted by molar-refractivity contribution is 7.94. The third-order valence-corrected chi connectivity index (χ3v) is 3.05. The number of likely N-dealkylation sites (N-methyl/N-ethyl adjacent to an activating group) is 1. The zero-order chi connectivity index (χ0) is 13.9. The van der Waals surface area contributed by atoms with Crippen LogP contribution < -0.4 is 5.32 Å². The molecule has 0 aromatic heterocycles. The SMILES string of the molecule is C=C/C(=C(\C=C/CC)CNC)S(C)(=O)=O.CC. The van der Waals surface area contributed by atoms with Crippen LogP contribution in [-0.4, -0.2) is 28.3 Å². The Bertz CT molecular complexity index is 365. The van der Waals surface area contributed by atoms with E-state index in [2.05, 4.69) is 11.9 Å². The predicted octanol–water partition coefficient (Wildman–Crippen LogP) is 2.68. The van der Waals surface area contributed by atoms with Crippen molar-refractivity contribution in [3.8, 4) is 0 Å². The molecule has 0 heterocycles. The number of rotatable bonds is 6. The van der Waals surface area contributed by atoms with Gasteiger partial charge in [-0.1, -0.05) is 45.6 Å². The first kappa shape index (κ1) is 18.5. The summed E-state index contributed by atoms with van der Waals surface area (Å²) < 4.78 is 22.9. The van der Waals surface area contributed by atoms with Crippen molar-refractivity contribution in [1.29, 1.82) is 0 Å². The molecule has 0 spiro atoms. The molecular formula is C13H25NO2S. The van der Waals surface area contributed by atoms with Crippen LogP contribution in [0.3, 0.4) is 0 Å². The van der Waals surface area contributed by atoms with E-state index in [0.717, 1.165) is 12.0 Å². The third-order valence-electron chi connectivity index (χ3n) is 1.82. The fourth-order valence-corrected chi connectivity index (χ4v) is 2.12. The van der Waals surface area contributed by atoms with Gasteiger partial charge in [0.1, 0.15) is 0 Å². The monoisotopic (exact) mass is 259 g/mol. The molecule has 0 bridgehead atoms. The van der Waals surface area contributed by atoms with E-state index in [1.165, 1.54) is 12.3 Å². The third kappa shape index (κ3) is 7.94. The molecule has 0 saturated carbocycles. The minimum absolute atomic E-state index is 0.293. The van der Waals surface area contributed by atoms with E-state index in [0.29, 0.717) is 11.4 Å². The Labute approximate surface area is 106 Å². The van der Waals surface area contributed by atoms with E-state index < -0.39 is 9.84 Å². The molecule has 4 heteroatoms. The van der Waals surface area contributed by atoms with Crippen molar-refractivity contribution in [2.75, 3.05) is 19.8 Å². The van der Waals surface area contributed by atoms with E-state index in [1.54, 1.807) is 7.05 Å². The second-order valence-corrected chi connectivity index (χ2v) is 5.19. The van der Waals surface area contributed by atoms with Crippen molar-refractivity contribution in [2.24, 2.45) is 0 Å². The predicted molar refractivity (Wildman–Crippen MR) is 76.8 cm³/mol. The number of allylic oxidation sites excluding steroid dienone is 2. The topological polar surface area (TPSA) is 46.2 Å². The van der Waals surface area contributed by atoms with Crippen molar-refractivity contribution in [1.82, 2.24) is 5.32 Å². The molecule has 0 radical (unpaired) electrons. The van der Waals surface area contributed by atoms with Crippen LogP contribution in [0, 0.1) is 0 Å². The number of sulfone groups is 1. The lowest BCUT2D eigenvalue weighted by molar-refractivity contribution is 0.608. The average molecular weight is 259 g/mol. The summed E-state index contributed by atoms with van der Waals surface area (Å²) in [6.45, 7) is 10.1. The van der Waals surface area contributed by atoms with E-state index in [1.807, 2.05) is 32.9 Å². The van der Waals surface area contributed by atoms with Crippen molar-refractivity contribution in [3.05, 3.63) is 35.3 Å². The molecule has 0 aliphatic rings. The fourth-order valence-electron chi connectivity index (χ4n) is 1.20. The maximum Gasteiger partial charge on any atom is 0.175 e. The zero-order valence-corrected chi connectivity index (χ0v) is 12.4. The van der Waals surface area contributed by atoms with E-state index in [4.69, 9.17) is 0 Å². The highest BCUT2D eigenvalue weighted by Crippen LogP contribution is 2.13. The van der Waals surface area contributed by atoms with E-state index >= 15 is 0 Å². The van der Waals surface area contributed by atoms with Crippen LogP contribution in [0.5, 0.6) is 0 Å². The van der Waals surface area contributed by atoms with Crippen molar-refractivity contribution in [3.63, 3.8) is 0 Å². The summed E-state index contributed by atoms with van der Waals surface area (Å²) in [6.07, 6.45) is 7.22. The van der Waals surface area contributed by atoms with E-state index in [-0.39, 0.29) is 0 Å². The molecular weight excluding hydrogens is 234 g/mol. The fraction of sp³-hybridized carbons (Fsp3) is 0.538. The van der Waals surface area contributed by atoms with Gasteiger partial charge in [-0.25, -0.2) is 8.42 Å². The highest BCUT2D eigenvalue weighted by atomic mass is 32.2.